The first-order chi connectivity index (χ1) is 23.9. The lowest BCUT2D eigenvalue weighted by atomic mass is 9.90. The van der Waals surface area contributed by atoms with E-state index >= 15 is 0 Å². The normalized spacial score (nSPS) is 25.4. The molecular formula is C40H77NO8. The molecule has 0 spiro atoms. The third kappa shape index (κ3) is 20.1. The molecule has 6 unspecified atom stereocenters. The maximum atomic E-state index is 13.0. The van der Waals surface area contributed by atoms with E-state index in [0.29, 0.717) is 19.3 Å². The summed E-state index contributed by atoms with van der Waals surface area (Å²) < 4.78 is 11.2. The summed E-state index contributed by atoms with van der Waals surface area (Å²) in [5.74, 6) is 0.706. The fourth-order valence-corrected chi connectivity index (χ4v) is 7.56. The van der Waals surface area contributed by atoms with Crippen molar-refractivity contribution < 1.29 is 39.8 Å². The molecule has 0 aromatic heterocycles. The van der Waals surface area contributed by atoms with Crippen LogP contribution in [-0.4, -0.2) is 93.9 Å². The van der Waals surface area contributed by atoms with Crippen LogP contribution in [0.1, 0.15) is 180 Å². The predicted molar refractivity (Wildman–Crippen MR) is 196 cm³/mol. The first-order valence-electron chi connectivity index (χ1n) is 20.7. The maximum Gasteiger partial charge on any atom is 0.220 e. The average molecular weight is 700 g/mol. The molecule has 0 bridgehead atoms. The predicted octanol–water partition coefficient (Wildman–Crippen LogP) is 6.87. The number of hydrogen-bond donors (Lipinski definition) is 6. The van der Waals surface area contributed by atoms with Crippen molar-refractivity contribution in [3.63, 3.8) is 0 Å². The maximum absolute atomic E-state index is 13.0. The molecule has 2 rings (SSSR count). The Morgan fingerprint density at radius 1 is 0.673 bits per heavy atom. The molecule has 2 saturated heterocycles. The van der Waals surface area contributed by atoms with Crippen LogP contribution in [0.4, 0.5) is 0 Å². The van der Waals surface area contributed by atoms with Gasteiger partial charge in [0.05, 0.1) is 24.9 Å². The number of rotatable bonds is 31. The summed E-state index contributed by atoms with van der Waals surface area (Å²) in [7, 11) is 0. The molecule has 49 heavy (non-hydrogen) atoms. The third-order valence-electron chi connectivity index (χ3n) is 11.0. The van der Waals surface area contributed by atoms with Crippen molar-refractivity contribution in [3.8, 4) is 0 Å². The summed E-state index contributed by atoms with van der Waals surface area (Å²) in [6.07, 6.45) is 23.2. The van der Waals surface area contributed by atoms with Crippen LogP contribution in [0.15, 0.2) is 0 Å². The SMILES string of the molecule is CCCCCCCCCCCCCCC[C@@H](O)[C@H](CCC1OC(CO)C(O)C(O)C1O)NC(=O)CCCCCCCCCCC1CCOC1. The standard InChI is InChI=1S/C40H77NO8/c1-2-3-4-5-6-7-8-9-10-11-15-18-21-24-34(43)33(26-27-35-38(45)40(47)39(46)36(30-42)49-35)41-37(44)25-22-19-16-13-12-14-17-20-23-32-28-29-48-31-32/h32-36,38-40,42-43,45-47H,2-31H2,1H3,(H,41,44)/t32?,33-,34+,35?,36?,38?,39?,40?/m0/s1. The van der Waals surface area contributed by atoms with Crippen LogP contribution in [0, 0.1) is 5.92 Å². The van der Waals surface area contributed by atoms with Gasteiger partial charge in [-0.3, -0.25) is 4.79 Å². The number of amides is 1. The minimum atomic E-state index is -1.42. The van der Waals surface area contributed by atoms with E-state index in [1.807, 2.05) is 0 Å². The molecule has 2 aliphatic heterocycles. The molecule has 2 fully saturated rings. The molecule has 0 aliphatic carbocycles. The van der Waals surface area contributed by atoms with Crippen LogP contribution in [0.2, 0.25) is 0 Å². The molecule has 9 heteroatoms. The van der Waals surface area contributed by atoms with Gasteiger partial charge in [-0.25, -0.2) is 0 Å². The van der Waals surface area contributed by atoms with E-state index in [-0.39, 0.29) is 12.3 Å². The highest BCUT2D eigenvalue weighted by Crippen LogP contribution is 2.26. The van der Waals surface area contributed by atoms with Gasteiger partial charge >= 0.3 is 0 Å². The van der Waals surface area contributed by atoms with Crippen molar-refractivity contribution in [1.29, 1.82) is 0 Å². The monoisotopic (exact) mass is 700 g/mol. The number of aliphatic hydroxyl groups is 5. The van der Waals surface area contributed by atoms with Gasteiger partial charge in [0.15, 0.2) is 0 Å². The molecule has 8 atom stereocenters. The fraction of sp³-hybridized carbons (Fsp3) is 0.975. The Labute approximate surface area is 299 Å². The molecule has 0 radical (unpaired) electrons. The van der Waals surface area contributed by atoms with Gasteiger partial charge in [0.1, 0.15) is 24.4 Å². The van der Waals surface area contributed by atoms with Crippen LogP contribution in [-0.2, 0) is 14.3 Å². The van der Waals surface area contributed by atoms with Crippen molar-refractivity contribution in [2.75, 3.05) is 19.8 Å². The molecule has 290 valence electrons. The highest BCUT2D eigenvalue weighted by Gasteiger charge is 2.43. The van der Waals surface area contributed by atoms with E-state index in [0.717, 1.165) is 57.7 Å². The van der Waals surface area contributed by atoms with Crippen molar-refractivity contribution in [2.45, 2.75) is 223 Å². The zero-order valence-electron chi connectivity index (χ0n) is 31.3. The number of carbonyl (C=O) groups is 1. The van der Waals surface area contributed by atoms with E-state index in [9.17, 15) is 30.3 Å². The van der Waals surface area contributed by atoms with Crippen LogP contribution in [0.3, 0.4) is 0 Å². The van der Waals surface area contributed by atoms with Crippen LogP contribution >= 0.6 is 0 Å². The second-order valence-corrected chi connectivity index (χ2v) is 15.3. The summed E-state index contributed by atoms with van der Waals surface area (Å²) in [6.45, 7) is 3.67. The van der Waals surface area contributed by atoms with E-state index in [2.05, 4.69) is 12.2 Å². The second kappa shape index (κ2) is 28.7. The van der Waals surface area contributed by atoms with Crippen molar-refractivity contribution in [3.05, 3.63) is 0 Å². The highest BCUT2D eigenvalue weighted by molar-refractivity contribution is 5.76. The molecule has 2 aliphatic rings. The lowest BCUT2D eigenvalue weighted by molar-refractivity contribution is -0.230. The van der Waals surface area contributed by atoms with E-state index in [1.54, 1.807) is 0 Å². The van der Waals surface area contributed by atoms with Crippen molar-refractivity contribution in [2.24, 2.45) is 5.92 Å². The Kier molecular flexibility index (Phi) is 26.0. The van der Waals surface area contributed by atoms with Gasteiger partial charge < -0.3 is 40.3 Å². The van der Waals surface area contributed by atoms with Crippen LogP contribution < -0.4 is 5.32 Å². The largest absolute Gasteiger partial charge is 0.394 e. The highest BCUT2D eigenvalue weighted by atomic mass is 16.5. The lowest BCUT2D eigenvalue weighted by Gasteiger charge is -2.40. The minimum absolute atomic E-state index is 0.0703. The topological polar surface area (TPSA) is 149 Å². The average Bonchev–Trinajstić information content (AvgIpc) is 3.62. The summed E-state index contributed by atoms with van der Waals surface area (Å²) in [4.78, 5) is 13.0. The summed E-state index contributed by atoms with van der Waals surface area (Å²) >= 11 is 0. The smallest absolute Gasteiger partial charge is 0.220 e. The Hall–Kier alpha value is -0.810. The Balaban J connectivity index is 1.66. The zero-order valence-corrected chi connectivity index (χ0v) is 31.3. The van der Waals surface area contributed by atoms with Crippen molar-refractivity contribution in [1.82, 2.24) is 5.32 Å². The minimum Gasteiger partial charge on any atom is -0.394 e. The number of ether oxygens (including phenoxy) is 2. The van der Waals surface area contributed by atoms with Gasteiger partial charge in [-0.1, -0.05) is 135 Å². The molecular weight excluding hydrogens is 622 g/mol. The lowest BCUT2D eigenvalue weighted by Crippen LogP contribution is -2.58. The Bertz CT molecular complexity index is 779. The third-order valence-corrected chi connectivity index (χ3v) is 11.0. The molecule has 0 saturated carbocycles. The molecule has 0 aromatic carbocycles. The van der Waals surface area contributed by atoms with Gasteiger partial charge in [0.2, 0.25) is 5.91 Å². The van der Waals surface area contributed by atoms with Gasteiger partial charge in [-0.15, -0.1) is 0 Å². The van der Waals surface area contributed by atoms with Crippen LogP contribution in [0.25, 0.3) is 0 Å². The number of carbonyl (C=O) groups excluding carboxylic acids is 1. The molecule has 9 nitrogen and oxygen atoms in total. The van der Waals surface area contributed by atoms with Gasteiger partial charge in [-0.05, 0) is 44.4 Å². The molecule has 0 aromatic rings. The van der Waals surface area contributed by atoms with Crippen molar-refractivity contribution >= 4 is 5.91 Å². The first kappa shape index (κ1) is 44.4. The van der Waals surface area contributed by atoms with Crippen LogP contribution in [0.5, 0.6) is 0 Å². The van der Waals surface area contributed by atoms with Gasteiger partial charge in [0.25, 0.3) is 0 Å². The first-order valence-corrected chi connectivity index (χ1v) is 20.7. The van der Waals surface area contributed by atoms with E-state index in [1.165, 1.54) is 109 Å². The quantitative estimate of drug-likeness (QED) is 0.0430. The fourth-order valence-electron chi connectivity index (χ4n) is 7.56. The summed E-state index contributed by atoms with van der Waals surface area (Å²) in [5, 5.41) is 54.6. The van der Waals surface area contributed by atoms with Gasteiger partial charge in [-0.2, -0.15) is 0 Å². The summed E-state index contributed by atoms with van der Waals surface area (Å²) in [5.41, 5.74) is 0. The number of nitrogens with one attached hydrogen (secondary N) is 1. The number of hydrogen-bond acceptors (Lipinski definition) is 8. The van der Waals surface area contributed by atoms with Gasteiger partial charge in [0, 0.05) is 19.6 Å². The summed E-state index contributed by atoms with van der Waals surface area (Å²) in [6, 6.07) is -0.493. The number of unbranched alkanes of at least 4 members (excludes halogenated alkanes) is 19. The molecule has 1 amide bonds. The zero-order chi connectivity index (χ0) is 35.5. The number of aliphatic hydroxyl groups excluding tert-OH is 5. The molecule has 2 heterocycles. The van der Waals surface area contributed by atoms with E-state index < -0.39 is 49.3 Å². The Morgan fingerprint density at radius 3 is 1.76 bits per heavy atom. The Morgan fingerprint density at radius 2 is 1.20 bits per heavy atom. The molecule has 6 N–H and O–H groups in total. The second-order valence-electron chi connectivity index (χ2n) is 15.3. The van der Waals surface area contributed by atoms with E-state index in [4.69, 9.17) is 9.47 Å².